The molecule has 3 rings (SSSR count). The number of carbonyl (C=O) groups excluding carboxylic acids is 1. The summed E-state index contributed by atoms with van der Waals surface area (Å²) in [5, 5.41) is 6.75. The van der Waals surface area contributed by atoms with Crippen molar-refractivity contribution in [3.05, 3.63) is 72.1 Å². The third kappa shape index (κ3) is 4.27. The molecule has 10 heteroatoms. The Hall–Kier alpha value is -3.82. The van der Waals surface area contributed by atoms with Crippen LogP contribution >= 0.6 is 0 Å². The molecule has 0 saturated carbocycles. The second-order valence-electron chi connectivity index (χ2n) is 6.21. The number of nitrogens with zero attached hydrogens (tertiary/aromatic N) is 5. The lowest BCUT2D eigenvalue weighted by Gasteiger charge is -2.16. The van der Waals surface area contributed by atoms with E-state index in [1.165, 1.54) is 49.9 Å². The number of carbonyl (C=O) groups is 1. The van der Waals surface area contributed by atoms with Gasteiger partial charge in [0.2, 0.25) is 0 Å². The maximum atomic E-state index is 13.5. The Kier molecular flexibility index (Phi) is 5.77. The van der Waals surface area contributed by atoms with E-state index in [-0.39, 0.29) is 28.3 Å². The Labute approximate surface area is 169 Å². The minimum atomic E-state index is -4.56. The molecule has 2 aromatic heterocycles. The van der Waals surface area contributed by atoms with Gasteiger partial charge in [0.25, 0.3) is 5.91 Å². The van der Waals surface area contributed by atoms with Crippen molar-refractivity contribution >= 4 is 17.4 Å². The Morgan fingerprint density at radius 1 is 1.23 bits per heavy atom. The molecule has 0 saturated heterocycles. The van der Waals surface area contributed by atoms with Crippen molar-refractivity contribution in [3.63, 3.8) is 0 Å². The van der Waals surface area contributed by atoms with E-state index in [0.29, 0.717) is 5.56 Å². The van der Waals surface area contributed by atoms with Crippen LogP contribution in [0, 0.1) is 6.92 Å². The van der Waals surface area contributed by atoms with Crippen LogP contribution < -0.4 is 10.8 Å². The number of hydrogen-bond acceptors (Lipinski definition) is 5. The number of halogens is 3. The summed E-state index contributed by atoms with van der Waals surface area (Å²) in [5.41, 5.74) is -0.265. The summed E-state index contributed by atoms with van der Waals surface area (Å²) in [4.78, 5) is 24.5. The fourth-order valence-electron chi connectivity index (χ4n) is 2.81. The van der Waals surface area contributed by atoms with Crippen molar-refractivity contribution in [2.24, 2.45) is 4.99 Å². The molecule has 0 bridgehead atoms. The first kappa shape index (κ1) is 20.9. The standard InChI is InChI=1S/C20H17F3N6O/c1-12-10-16(14-6-4-5-7-15(14)20(21,22)23)28-29(18(12)24-3)13(2)19(30)27-17-11-25-8-9-26-17/h4-11H,2H2,1,3H3,(H,26,27,30). The van der Waals surface area contributed by atoms with Crippen LogP contribution in [0.5, 0.6) is 0 Å². The molecule has 1 N–H and O–H groups in total. The smallest absolute Gasteiger partial charge is 0.304 e. The first-order valence-electron chi connectivity index (χ1n) is 8.69. The molecule has 0 spiro atoms. The summed E-state index contributed by atoms with van der Waals surface area (Å²) >= 11 is 0. The van der Waals surface area contributed by atoms with Crippen molar-refractivity contribution in [1.82, 2.24) is 19.7 Å². The molecule has 2 heterocycles. The number of aryl methyl sites for hydroxylation is 1. The van der Waals surface area contributed by atoms with Gasteiger partial charge in [-0.25, -0.2) is 9.67 Å². The molecule has 3 aromatic rings. The van der Waals surface area contributed by atoms with Gasteiger partial charge in [0.05, 0.1) is 17.5 Å². The monoisotopic (exact) mass is 414 g/mol. The molecule has 0 aliphatic carbocycles. The number of nitrogens with one attached hydrogen (secondary N) is 1. The van der Waals surface area contributed by atoms with Gasteiger partial charge in [0.15, 0.2) is 11.3 Å². The van der Waals surface area contributed by atoms with E-state index in [2.05, 4.69) is 32.0 Å². The van der Waals surface area contributed by atoms with Crippen LogP contribution in [-0.4, -0.2) is 32.7 Å². The number of alkyl halides is 3. The highest BCUT2D eigenvalue weighted by atomic mass is 19.4. The Bertz CT molecular complexity index is 1170. The van der Waals surface area contributed by atoms with Crippen LogP contribution in [0.3, 0.4) is 0 Å². The Balaban J connectivity index is 2.10. The zero-order valence-electron chi connectivity index (χ0n) is 16.1. The molecule has 1 aromatic carbocycles. The van der Waals surface area contributed by atoms with Gasteiger partial charge in [-0.2, -0.15) is 18.3 Å². The normalized spacial score (nSPS) is 12.0. The molecule has 0 fully saturated rings. The minimum absolute atomic E-state index is 0.0290. The molecule has 0 unspecified atom stereocenters. The molecule has 30 heavy (non-hydrogen) atoms. The number of hydrogen-bond donors (Lipinski definition) is 1. The lowest BCUT2D eigenvalue weighted by atomic mass is 10.0. The molecule has 0 aliphatic heterocycles. The highest BCUT2D eigenvalue weighted by Crippen LogP contribution is 2.36. The molecule has 7 nitrogen and oxygen atoms in total. The summed E-state index contributed by atoms with van der Waals surface area (Å²) < 4.78 is 41.5. The lowest BCUT2D eigenvalue weighted by Crippen LogP contribution is -2.31. The highest BCUT2D eigenvalue weighted by molar-refractivity contribution is 6.19. The first-order chi connectivity index (χ1) is 14.2. The quantitative estimate of drug-likeness (QED) is 0.664. The summed E-state index contributed by atoms with van der Waals surface area (Å²) in [7, 11) is 1.48. The fourth-order valence-corrected chi connectivity index (χ4v) is 2.81. The first-order valence-corrected chi connectivity index (χ1v) is 8.69. The van der Waals surface area contributed by atoms with Crippen LogP contribution in [0.25, 0.3) is 17.0 Å². The zero-order valence-corrected chi connectivity index (χ0v) is 16.1. The van der Waals surface area contributed by atoms with Crippen LogP contribution in [0.4, 0.5) is 19.0 Å². The minimum Gasteiger partial charge on any atom is -0.304 e. The summed E-state index contributed by atoms with van der Waals surface area (Å²) in [5.74, 6) is -0.465. The van der Waals surface area contributed by atoms with E-state index in [1.54, 1.807) is 6.92 Å². The third-order valence-electron chi connectivity index (χ3n) is 4.16. The molecular formula is C20H17F3N6O. The van der Waals surface area contributed by atoms with Crippen molar-refractivity contribution in [1.29, 1.82) is 0 Å². The summed E-state index contributed by atoms with van der Waals surface area (Å²) in [6, 6.07) is 6.57. The Morgan fingerprint density at radius 3 is 2.60 bits per heavy atom. The third-order valence-corrected chi connectivity index (χ3v) is 4.16. The van der Waals surface area contributed by atoms with Crippen molar-refractivity contribution < 1.29 is 18.0 Å². The van der Waals surface area contributed by atoms with Crippen LogP contribution in [0.1, 0.15) is 11.1 Å². The van der Waals surface area contributed by atoms with Crippen molar-refractivity contribution in [3.8, 4) is 11.3 Å². The van der Waals surface area contributed by atoms with Gasteiger partial charge in [0, 0.05) is 25.0 Å². The molecule has 0 radical (unpaired) electrons. The van der Waals surface area contributed by atoms with E-state index in [1.807, 2.05) is 0 Å². The van der Waals surface area contributed by atoms with E-state index in [9.17, 15) is 18.0 Å². The maximum absolute atomic E-state index is 13.5. The van der Waals surface area contributed by atoms with Gasteiger partial charge in [-0.3, -0.25) is 14.8 Å². The second-order valence-corrected chi connectivity index (χ2v) is 6.21. The maximum Gasteiger partial charge on any atom is 0.417 e. The molecular weight excluding hydrogens is 397 g/mol. The van der Waals surface area contributed by atoms with E-state index in [4.69, 9.17) is 0 Å². The average Bonchev–Trinajstić information content (AvgIpc) is 2.72. The topological polar surface area (TPSA) is 85.1 Å². The van der Waals surface area contributed by atoms with Gasteiger partial charge in [-0.1, -0.05) is 24.8 Å². The number of amides is 1. The average molecular weight is 414 g/mol. The summed E-state index contributed by atoms with van der Waals surface area (Å²) in [6.07, 6.45) is -0.379. The molecule has 0 aliphatic rings. The Morgan fingerprint density at radius 2 is 1.97 bits per heavy atom. The van der Waals surface area contributed by atoms with Crippen LogP contribution in [-0.2, 0) is 11.0 Å². The van der Waals surface area contributed by atoms with E-state index >= 15 is 0 Å². The fraction of sp³-hybridized carbons (Fsp3) is 0.150. The lowest BCUT2D eigenvalue weighted by molar-refractivity contribution is -0.137. The molecule has 154 valence electrons. The SMILES string of the molecule is C=C(C(=O)Nc1cnccn1)n1nc(-c2ccccc2C(F)(F)F)cc(C)c1=NC. The number of benzene rings is 1. The number of aromatic nitrogens is 4. The van der Waals surface area contributed by atoms with Gasteiger partial charge < -0.3 is 5.32 Å². The predicted octanol–water partition coefficient (Wildman–Crippen LogP) is 3.31. The van der Waals surface area contributed by atoms with E-state index < -0.39 is 17.6 Å². The van der Waals surface area contributed by atoms with Crippen LogP contribution in [0.2, 0.25) is 0 Å². The highest BCUT2D eigenvalue weighted by Gasteiger charge is 2.34. The second kappa shape index (κ2) is 8.27. The number of rotatable bonds is 4. The van der Waals surface area contributed by atoms with Crippen molar-refractivity contribution in [2.75, 3.05) is 12.4 Å². The van der Waals surface area contributed by atoms with Gasteiger partial charge in [0.1, 0.15) is 5.70 Å². The molecule has 0 atom stereocenters. The zero-order chi connectivity index (χ0) is 21.9. The largest absolute Gasteiger partial charge is 0.417 e. The van der Waals surface area contributed by atoms with Gasteiger partial charge in [-0.05, 0) is 24.6 Å². The predicted molar refractivity (Wildman–Crippen MR) is 105 cm³/mol. The van der Waals surface area contributed by atoms with Crippen molar-refractivity contribution in [2.45, 2.75) is 13.1 Å². The van der Waals surface area contributed by atoms with Gasteiger partial charge >= 0.3 is 6.18 Å². The number of anilines is 1. The molecule has 1 amide bonds. The van der Waals surface area contributed by atoms with Crippen LogP contribution in [0.15, 0.2) is 60.5 Å². The summed E-state index contributed by atoms with van der Waals surface area (Å²) in [6.45, 7) is 5.40. The van der Waals surface area contributed by atoms with E-state index in [0.717, 1.165) is 10.7 Å². The van der Waals surface area contributed by atoms with Gasteiger partial charge in [-0.15, -0.1) is 0 Å².